The van der Waals surface area contributed by atoms with Gasteiger partial charge in [0, 0.05) is 32.4 Å². The number of hydrogen-bond donors (Lipinski definition) is 0. The first kappa shape index (κ1) is 14.7. The van der Waals surface area contributed by atoms with E-state index in [1.807, 2.05) is 13.3 Å². The Kier molecular flexibility index (Phi) is 3.99. The smallest absolute Gasteiger partial charge is 0.0798 e. The fraction of sp³-hybridized carbons (Fsp3) is 0.833. The van der Waals surface area contributed by atoms with Gasteiger partial charge in [-0.1, -0.05) is 12.8 Å². The minimum atomic E-state index is 0.323. The molecule has 1 aromatic heterocycles. The summed E-state index contributed by atoms with van der Waals surface area (Å²) in [7, 11) is 1.87. The van der Waals surface area contributed by atoms with Crippen molar-refractivity contribution in [3.8, 4) is 0 Å². The predicted octanol–water partition coefficient (Wildman–Crippen LogP) is 3.03. The van der Waals surface area contributed by atoms with Crippen LogP contribution in [0.4, 0.5) is 0 Å². The lowest BCUT2D eigenvalue weighted by atomic mass is 9.77. The van der Waals surface area contributed by atoms with Gasteiger partial charge in [-0.15, -0.1) is 0 Å². The van der Waals surface area contributed by atoms with Gasteiger partial charge >= 0.3 is 0 Å². The van der Waals surface area contributed by atoms with Crippen molar-refractivity contribution < 1.29 is 4.74 Å². The topological polar surface area (TPSA) is 30.3 Å². The number of nitrogens with zero attached hydrogens (tertiary/aromatic N) is 3. The van der Waals surface area contributed by atoms with Crippen LogP contribution < -0.4 is 0 Å². The van der Waals surface area contributed by atoms with Crippen molar-refractivity contribution >= 4 is 0 Å². The molecule has 4 rings (SSSR count). The Balaban J connectivity index is 1.48. The lowest BCUT2D eigenvalue weighted by molar-refractivity contribution is -0.00489. The van der Waals surface area contributed by atoms with Crippen molar-refractivity contribution in [2.45, 2.75) is 63.6 Å². The van der Waals surface area contributed by atoms with Crippen LogP contribution in [-0.4, -0.2) is 47.0 Å². The Morgan fingerprint density at radius 2 is 1.86 bits per heavy atom. The summed E-state index contributed by atoms with van der Waals surface area (Å²) in [6, 6.07) is 1.29. The van der Waals surface area contributed by atoms with Crippen LogP contribution in [0.2, 0.25) is 0 Å². The van der Waals surface area contributed by atoms with Gasteiger partial charge in [0.1, 0.15) is 0 Å². The molecule has 0 radical (unpaired) electrons. The Hall–Kier alpha value is -0.870. The summed E-state index contributed by atoms with van der Waals surface area (Å²) in [5.74, 6) is 1.67. The summed E-state index contributed by atoms with van der Waals surface area (Å²) in [4.78, 5) is 2.80. The van der Waals surface area contributed by atoms with Crippen LogP contribution in [0.5, 0.6) is 0 Å². The second kappa shape index (κ2) is 5.97. The van der Waals surface area contributed by atoms with Crippen LogP contribution in [0.1, 0.15) is 50.1 Å². The van der Waals surface area contributed by atoms with Crippen LogP contribution in [0, 0.1) is 18.8 Å². The average Bonchev–Trinajstić information content (AvgIpc) is 3.25. The molecule has 122 valence electrons. The van der Waals surface area contributed by atoms with E-state index in [-0.39, 0.29) is 0 Å². The molecule has 1 saturated heterocycles. The van der Waals surface area contributed by atoms with Crippen molar-refractivity contribution in [1.29, 1.82) is 0 Å². The maximum atomic E-state index is 5.86. The highest BCUT2D eigenvalue weighted by molar-refractivity contribution is 5.03. The van der Waals surface area contributed by atoms with Crippen molar-refractivity contribution in [2.24, 2.45) is 11.8 Å². The largest absolute Gasteiger partial charge is 0.379 e. The van der Waals surface area contributed by atoms with Crippen LogP contribution in [0.15, 0.2) is 12.4 Å². The van der Waals surface area contributed by atoms with E-state index < -0.39 is 0 Å². The predicted molar refractivity (Wildman–Crippen MR) is 86.8 cm³/mol. The third kappa shape index (κ3) is 2.61. The molecule has 3 fully saturated rings. The first-order valence-corrected chi connectivity index (χ1v) is 9.02. The number of aromatic nitrogens is 2. The number of fused-ring (bicyclic) bond motifs is 1. The first-order chi connectivity index (χ1) is 10.7. The van der Waals surface area contributed by atoms with E-state index in [1.54, 1.807) is 0 Å². The zero-order valence-electron chi connectivity index (χ0n) is 13.9. The van der Waals surface area contributed by atoms with Gasteiger partial charge in [0.05, 0.1) is 18.3 Å². The molecule has 4 atom stereocenters. The molecule has 2 saturated carbocycles. The summed E-state index contributed by atoms with van der Waals surface area (Å²) in [6.45, 7) is 4.73. The van der Waals surface area contributed by atoms with Crippen molar-refractivity contribution in [3.05, 3.63) is 18.0 Å². The molecule has 2 heterocycles. The number of rotatable bonds is 3. The van der Waals surface area contributed by atoms with Gasteiger partial charge in [-0.25, -0.2) is 0 Å². The number of aryl methyl sites for hydroxylation is 1. The molecule has 2 aliphatic carbocycles. The molecule has 0 aromatic carbocycles. The summed E-state index contributed by atoms with van der Waals surface area (Å²) >= 11 is 0. The molecule has 0 unspecified atom stereocenters. The number of likely N-dealkylation sites (tertiary alicyclic amines) is 1. The van der Waals surface area contributed by atoms with E-state index in [1.165, 1.54) is 57.2 Å². The highest BCUT2D eigenvalue weighted by Crippen LogP contribution is 2.43. The van der Waals surface area contributed by atoms with E-state index in [0.29, 0.717) is 12.1 Å². The van der Waals surface area contributed by atoms with Gasteiger partial charge in [-0.05, 0) is 50.0 Å². The van der Waals surface area contributed by atoms with Gasteiger partial charge < -0.3 is 4.74 Å². The number of ether oxygens (including phenoxy) is 1. The molecule has 0 bridgehead atoms. The third-order valence-corrected chi connectivity index (χ3v) is 6.33. The summed E-state index contributed by atoms with van der Waals surface area (Å²) < 4.78 is 8.02. The molecule has 4 heteroatoms. The van der Waals surface area contributed by atoms with Crippen LogP contribution >= 0.6 is 0 Å². The fourth-order valence-electron chi connectivity index (χ4n) is 5.14. The van der Waals surface area contributed by atoms with E-state index in [4.69, 9.17) is 4.74 Å². The standard InChI is InChI=1S/C18H29N3O/c1-13-9-19-21(10-13)17-7-14-11-20(16-5-3-4-6-16)12-15(14)8-18(17)22-2/h9-10,14-18H,3-8,11-12H2,1-2H3/t14-,15+,17-,18-/m0/s1. The molecular weight excluding hydrogens is 274 g/mol. The fourth-order valence-corrected chi connectivity index (χ4v) is 5.14. The van der Waals surface area contributed by atoms with E-state index in [0.717, 1.165) is 17.9 Å². The molecule has 1 aliphatic heterocycles. The molecule has 0 N–H and O–H groups in total. The average molecular weight is 303 g/mol. The van der Waals surface area contributed by atoms with Crippen molar-refractivity contribution in [3.63, 3.8) is 0 Å². The Morgan fingerprint density at radius 1 is 1.14 bits per heavy atom. The van der Waals surface area contributed by atoms with Gasteiger partial charge in [0.2, 0.25) is 0 Å². The molecule has 3 aliphatic rings. The van der Waals surface area contributed by atoms with Crippen LogP contribution in [0.25, 0.3) is 0 Å². The molecule has 22 heavy (non-hydrogen) atoms. The Labute approximate surface area is 133 Å². The summed E-state index contributed by atoms with van der Waals surface area (Å²) in [5.41, 5.74) is 1.25. The zero-order valence-corrected chi connectivity index (χ0v) is 13.9. The normalized spacial score (nSPS) is 36.8. The SMILES string of the molecule is CO[C@H]1C[C@@H]2CN(C3CCCC3)C[C@@H]2C[C@@H]1n1cc(C)cn1. The monoisotopic (exact) mass is 303 g/mol. The summed E-state index contributed by atoms with van der Waals surface area (Å²) in [5, 5.41) is 4.57. The molecule has 0 amide bonds. The first-order valence-electron chi connectivity index (χ1n) is 9.02. The van der Waals surface area contributed by atoms with Crippen LogP contribution in [0.3, 0.4) is 0 Å². The van der Waals surface area contributed by atoms with Gasteiger partial charge in [0.25, 0.3) is 0 Å². The Bertz CT molecular complexity index is 508. The van der Waals surface area contributed by atoms with Crippen LogP contribution in [-0.2, 0) is 4.74 Å². The minimum Gasteiger partial charge on any atom is -0.379 e. The number of methoxy groups -OCH3 is 1. The van der Waals surface area contributed by atoms with E-state index in [2.05, 4.69) is 27.8 Å². The lowest BCUT2D eigenvalue weighted by Crippen LogP contribution is -2.37. The second-order valence-corrected chi connectivity index (χ2v) is 7.72. The highest BCUT2D eigenvalue weighted by Gasteiger charge is 2.44. The van der Waals surface area contributed by atoms with E-state index in [9.17, 15) is 0 Å². The highest BCUT2D eigenvalue weighted by atomic mass is 16.5. The van der Waals surface area contributed by atoms with Crippen molar-refractivity contribution in [2.75, 3.05) is 20.2 Å². The minimum absolute atomic E-state index is 0.323. The quantitative estimate of drug-likeness (QED) is 0.860. The zero-order chi connectivity index (χ0) is 15.1. The second-order valence-electron chi connectivity index (χ2n) is 7.72. The maximum absolute atomic E-state index is 5.86. The van der Waals surface area contributed by atoms with E-state index >= 15 is 0 Å². The Morgan fingerprint density at radius 3 is 2.50 bits per heavy atom. The summed E-state index contributed by atoms with van der Waals surface area (Å²) in [6.07, 6.45) is 12.6. The molecule has 0 spiro atoms. The van der Waals surface area contributed by atoms with Gasteiger partial charge in [0.15, 0.2) is 0 Å². The van der Waals surface area contributed by atoms with Gasteiger partial charge in [-0.2, -0.15) is 5.10 Å². The van der Waals surface area contributed by atoms with Gasteiger partial charge in [-0.3, -0.25) is 9.58 Å². The third-order valence-electron chi connectivity index (χ3n) is 6.33. The molecule has 4 nitrogen and oxygen atoms in total. The van der Waals surface area contributed by atoms with Crippen molar-refractivity contribution in [1.82, 2.24) is 14.7 Å². The molecule has 1 aromatic rings. The number of hydrogen-bond acceptors (Lipinski definition) is 3. The molecular formula is C18H29N3O. The lowest BCUT2D eigenvalue weighted by Gasteiger charge is -2.37. The maximum Gasteiger partial charge on any atom is 0.0798 e.